The minimum atomic E-state index is -0.0424. The van der Waals surface area contributed by atoms with Crippen LogP contribution in [0.25, 0.3) is 11.4 Å². The van der Waals surface area contributed by atoms with Crippen LogP contribution in [0.15, 0.2) is 36.7 Å². The van der Waals surface area contributed by atoms with Crippen LogP contribution in [-0.2, 0) is 4.74 Å². The van der Waals surface area contributed by atoms with E-state index in [-0.39, 0.29) is 5.91 Å². The smallest absolute Gasteiger partial charge is 0.251 e. The van der Waals surface area contributed by atoms with Gasteiger partial charge < -0.3 is 15.0 Å². The average Bonchev–Trinajstić information content (AvgIpc) is 3.10. The topological polar surface area (TPSA) is 70.2 Å². The highest BCUT2D eigenvalue weighted by Crippen LogP contribution is 2.14. The van der Waals surface area contributed by atoms with Crippen molar-refractivity contribution in [2.45, 2.75) is 0 Å². The number of nitrogens with one attached hydrogen (secondary N) is 2. The first-order valence-corrected chi connectivity index (χ1v) is 7.51. The van der Waals surface area contributed by atoms with E-state index in [1.165, 1.54) is 0 Å². The summed E-state index contributed by atoms with van der Waals surface area (Å²) in [6, 6.07) is 7.44. The third kappa shape index (κ3) is 3.72. The molecule has 1 aromatic carbocycles. The third-order valence-corrected chi connectivity index (χ3v) is 3.74. The minimum Gasteiger partial charge on any atom is -0.379 e. The Morgan fingerprint density at radius 1 is 1.27 bits per heavy atom. The standard InChI is InChI=1S/C16H20N4O2/c21-16(19-7-8-20-9-11-22-12-10-20)14-3-1-13(2-4-14)15-17-5-6-18-15/h1-6H,7-12H2,(H,17,18)(H,19,21). The minimum absolute atomic E-state index is 0.0424. The largest absolute Gasteiger partial charge is 0.379 e. The van der Waals surface area contributed by atoms with E-state index in [0.29, 0.717) is 12.1 Å². The van der Waals surface area contributed by atoms with E-state index in [2.05, 4.69) is 20.2 Å². The lowest BCUT2D eigenvalue weighted by Crippen LogP contribution is -2.41. The predicted octanol–water partition coefficient (Wildman–Crippen LogP) is 1.14. The van der Waals surface area contributed by atoms with Crippen molar-refractivity contribution in [3.05, 3.63) is 42.2 Å². The third-order valence-electron chi connectivity index (χ3n) is 3.74. The molecule has 1 aliphatic heterocycles. The molecule has 2 heterocycles. The molecule has 3 rings (SSSR count). The second kappa shape index (κ2) is 7.20. The van der Waals surface area contributed by atoms with Crippen LogP contribution in [0.3, 0.4) is 0 Å². The zero-order chi connectivity index (χ0) is 15.2. The van der Waals surface area contributed by atoms with Crippen LogP contribution < -0.4 is 5.32 Å². The summed E-state index contributed by atoms with van der Waals surface area (Å²) in [7, 11) is 0. The number of amides is 1. The monoisotopic (exact) mass is 300 g/mol. The van der Waals surface area contributed by atoms with Crippen LogP contribution >= 0.6 is 0 Å². The summed E-state index contributed by atoms with van der Waals surface area (Å²) in [5.41, 5.74) is 1.63. The van der Waals surface area contributed by atoms with Gasteiger partial charge in [-0.15, -0.1) is 0 Å². The van der Waals surface area contributed by atoms with Gasteiger partial charge in [0.1, 0.15) is 5.82 Å². The molecule has 0 saturated carbocycles. The zero-order valence-electron chi connectivity index (χ0n) is 12.4. The van der Waals surface area contributed by atoms with Gasteiger partial charge in [-0.05, 0) is 12.1 Å². The Hall–Kier alpha value is -2.18. The molecule has 0 spiro atoms. The maximum absolute atomic E-state index is 12.1. The molecule has 1 fully saturated rings. The molecule has 1 aromatic heterocycles. The Morgan fingerprint density at radius 3 is 2.73 bits per heavy atom. The number of ether oxygens (including phenoxy) is 1. The summed E-state index contributed by atoms with van der Waals surface area (Å²) in [5.74, 6) is 0.763. The number of H-pyrrole nitrogens is 1. The first-order chi connectivity index (χ1) is 10.8. The highest BCUT2D eigenvalue weighted by atomic mass is 16.5. The Kier molecular flexibility index (Phi) is 4.82. The van der Waals surface area contributed by atoms with Gasteiger partial charge in [-0.1, -0.05) is 12.1 Å². The molecule has 1 amide bonds. The van der Waals surface area contributed by atoms with Gasteiger partial charge in [-0.25, -0.2) is 4.98 Å². The van der Waals surface area contributed by atoms with E-state index in [1.807, 2.05) is 24.3 Å². The highest BCUT2D eigenvalue weighted by molar-refractivity contribution is 5.94. The van der Waals surface area contributed by atoms with Crippen molar-refractivity contribution >= 4 is 5.91 Å². The number of imidazole rings is 1. The molecule has 116 valence electrons. The van der Waals surface area contributed by atoms with Crippen LogP contribution in [0.4, 0.5) is 0 Å². The Labute approximate surface area is 129 Å². The summed E-state index contributed by atoms with van der Waals surface area (Å²) in [5, 5.41) is 2.96. The molecule has 1 saturated heterocycles. The molecule has 0 atom stereocenters. The van der Waals surface area contributed by atoms with Gasteiger partial charge in [0.25, 0.3) is 5.91 Å². The van der Waals surface area contributed by atoms with Crippen molar-refractivity contribution in [1.82, 2.24) is 20.2 Å². The summed E-state index contributed by atoms with van der Waals surface area (Å²) in [6.45, 7) is 4.95. The summed E-state index contributed by atoms with van der Waals surface area (Å²) < 4.78 is 5.30. The lowest BCUT2D eigenvalue weighted by Gasteiger charge is -2.26. The van der Waals surface area contributed by atoms with Gasteiger partial charge in [0.05, 0.1) is 13.2 Å². The second-order valence-electron chi connectivity index (χ2n) is 5.23. The van der Waals surface area contributed by atoms with E-state index >= 15 is 0 Å². The quantitative estimate of drug-likeness (QED) is 0.869. The van der Waals surface area contributed by atoms with Gasteiger partial charge in [-0.3, -0.25) is 9.69 Å². The van der Waals surface area contributed by atoms with Gasteiger partial charge >= 0.3 is 0 Å². The molecule has 22 heavy (non-hydrogen) atoms. The van der Waals surface area contributed by atoms with Crippen LogP contribution in [0.2, 0.25) is 0 Å². The molecule has 0 radical (unpaired) electrons. The Balaban J connectivity index is 1.49. The number of morpholine rings is 1. The number of benzene rings is 1. The fraction of sp³-hybridized carbons (Fsp3) is 0.375. The van der Waals surface area contributed by atoms with Crippen LogP contribution in [0, 0.1) is 0 Å². The molecule has 6 nitrogen and oxygen atoms in total. The Morgan fingerprint density at radius 2 is 2.05 bits per heavy atom. The number of hydrogen-bond acceptors (Lipinski definition) is 4. The molecular weight excluding hydrogens is 280 g/mol. The highest BCUT2D eigenvalue weighted by Gasteiger charge is 2.11. The molecule has 0 aliphatic carbocycles. The summed E-state index contributed by atoms with van der Waals surface area (Å²) in [4.78, 5) is 21.6. The van der Waals surface area contributed by atoms with Crippen LogP contribution in [0.1, 0.15) is 10.4 Å². The lowest BCUT2D eigenvalue weighted by molar-refractivity contribution is 0.0383. The number of carbonyl (C=O) groups excluding carboxylic acids is 1. The number of nitrogens with zero attached hydrogens (tertiary/aromatic N) is 2. The average molecular weight is 300 g/mol. The summed E-state index contributed by atoms with van der Waals surface area (Å²) >= 11 is 0. The summed E-state index contributed by atoms with van der Waals surface area (Å²) in [6.07, 6.45) is 3.49. The molecule has 0 bridgehead atoms. The number of hydrogen-bond donors (Lipinski definition) is 2. The van der Waals surface area contributed by atoms with E-state index in [9.17, 15) is 4.79 Å². The maximum atomic E-state index is 12.1. The second-order valence-corrected chi connectivity index (χ2v) is 5.23. The first-order valence-electron chi connectivity index (χ1n) is 7.51. The lowest BCUT2D eigenvalue weighted by atomic mass is 10.1. The van der Waals surface area contributed by atoms with Crippen molar-refractivity contribution in [2.24, 2.45) is 0 Å². The number of rotatable bonds is 5. The molecule has 0 unspecified atom stereocenters. The van der Waals surface area contributed by atoms with Crippen molar-refractivity contribution in [3.8, 4) is 11.4 Å². The SMILES string of the molecule is O=C(NCCN1CCOCC1)c1ccc(-c2ncc[nH]2)cc1. The van der Waals surface area contributed by atoms with Crippen molar-refractivity contribution < 1.29 is 9.53 Å². The fourth-order valence-corrected chi connectivity index (χ4v) is 2.46. The van der Waals surface area contributed by atoms with E-state index < -0.39 is 0 Å². The van der Waals surface area contributed by atoms with E-state index in [1.54, 1.807) is 12.4 Å². The van der Waals surface area contributed by atoms with Crippen molar-refractivity contribution in [3.63, 3.8) is 0 Å². The molecule has 2 N–H and O–H groups in total. The van der Waals surface area contributed by atoms with Gasteiger partial charge in [0.2, 0.25) is 0 Å². The fourth-order valence-electron chi connectivity index (χ4n) is 2.46. The number of aromatic amines is 1. The first kappa shape index (κ1) is 14.7. The van der Waals surface area contributed by atoms with Gasteiger partial charge in [0.15, 0.2) is 0 Å². The normalized spacial score (nSPS) is 15.6. The van der Waals surface area contributed by atoms with Crippen LogP contribution in [-0.4, -0.2) is 60.2 Å². The van der Waals surface area contributed by atoms with E-state index in [4.69, 9.17) is 4.74 Å². The predicted molar refractivity (Wildman–Crippen MR) is 83.6 cm³/mol. The van der Waals surface area contributed by atoms with Crippen molar-refractivity contribution in [1.29, 1.82) is 0 Å². The zero-order valence-corrected chi connectivity index (χ0v) is 12.4. The molecule has 2 aromatic rings. The van der Waals surface area contributed by atoms with Crippen LogP contribution in [0.5, 0.6) is 0 Å². The van der Waals surface area contributed by atoms with E-state index in [0.717, 1.165) is 44.2 Å². The molecule has 1 aliphatic rings. The molecular formula is C16H20N4O2. The number of carbonyl (C=O) groups is 1. The van der Waals surface area contributed by atoms with Gasteiger partial charge in [0, 0.05) is 49.7 Å². The Bertz CT molecular complexity index is 589. The maximum Gasteiger partial charge on any atom is 0.251 e. The molecule has 6 heteroatoms. The number of aromatic nitrogens is 2. The van der Waals surface area contributed by atoms with Crippen molar-refractivity contribution in [2.75, 3.05) is 39.4 Å². The van der Waals surface area contributed by atoms with Gasteiger partial charge in [-0.2, -0.15) is 0 Å².